The van der Waals surface area contributed by atoms with E-state index in [2.05, 4.69) is 5.32 Å². The fraction of sp³-hybridized carbons (Fsp3) is 1.00. The van der Waals surface area contributed by atoms with E-state index in [9.17, 15) is 0 Å². The van der Waals surface area contributed by atoms with Gasteiger partial charge < -0.3 is 25.7 Å². The van der Waals surface area contributed by atoms with Gasteiger partial charge in [0.15, 0.2) is 0 Å². The van der Waals surface area contributed by atoms with Gasteiger partial charge in [-0.05, 0) is 0 Å². The topological polar surface area (TPSA) is 105 Å². The summed E-state index contributed by atoms with van der Waals surface area (Å²) in [5, 5.41) is 37.3. The summed E-state index contributed by atoms with van der Waals surface area (Å²) < 4.78 is 0. The van der Waals surface area contributed by atoms with Crippen molar-refractivity contribution < 1.29 is 20.4 Å². The van der Waals surface area contributed by atoms with Crippen molar-refractivity contribution in [1.82, 2.24) is 10.6 Å². The highest BCUT2D eigenvalue weighted by molar-refractivity contribution is 4.45. The zero-order valence-corrected chi connectivity index (χ0v) is 5.41. The number of aliphatic hydroxyl groups excluding tert-OH is 1. The van der Waals surface area contributed by atoms with E-state index in [0.29, 0.717) is 6.54 Å². The maximum Gasteiger partial charge on any atom is 0.344 e. The normalized spacial score (nSPS) is 12.0. The second-order valence-corrected chi connectivity index (χ2v) is 1.71. The Labute approximate surface area is 58.1 Å². The van der Waals surface area contributed by atoms with Gasteiger partial charge in [-0.3, -0.25) is 0 Å². The zero-order valence-electron chi connectivity index (χ0n) is 5.41. The summed E-state index contributed by atoms with van der Waals surface area (Å²) in [6.07, 6.45) is -2.84. The molecule has 10 heavy (non-hydrogen) atoms. The van der Waals surface area contributed by atoms with E-state index in [4.69, 9.17) is 20.4 Å². The number of aliphatic hydroxyl groups is 4. The van der Waals surface area contributed by atoms with E-state index in [1.807, 2.05) is 5.32 Å². The number of hydrogen-bond donors (Lipinski definition) is 6. The second kappa shape index (κ2) is 4.56. The summed E-state index contributed by atoms with van der Waals surface area (Å²) in [7, 11) is 0. The van der Waals surface area contributed by atoms with Crippen LogP contribution in [-0.2, 0) is 0 Å². The maximum absolute atomic E-state index is 8.22. The molecule has 0 heterocycles. The molecule has 0 unspecified atom stereocenters. The largest absolute Gasteiger partial charge is 0.395 e. The predicted molar refractivity (Wildman–Crippen MR) is 32.5 cm³/mol. The van der Waals surface area contributed by atoms with Gasteiger partial charge in [-0.25, -0.2) is 5.32 Å². The van der Waals surface area contributed by atoms with Crippen LogP contribution in [0.3, 0.4) is 0 Å². The molecule has 0 saturated carbocycles. The average Bonchev–Trinajstić information content (AvgIpc) is 1.78. The SMILES string of the molecule is OCCNCNC(O)(O)O. The Hall–Kier alpha value is -0.240. The van der Waals surface area contributed by atoms with Crippen LogP contribution < -0.4 is 10.6 Å². The summed E-state index contributed by atoms with van der Waals surface area (Å²) in [5.41, 5.74) is 0. The molecule has 0 spiro atoms. The van der Waals surface area contributed by atoms with E-state index in [1.165, 1.54) is 0 Å². The van der Waals surface area contributed by atoms with Crippen molar-refractivity contribution in [2.75, 3.05) is 19.8 Å². The minimum absolute atomic E-state index is 0.00403. The number of rotatable bonds is 5. The highest BCUT2D eigenvalue weighted by atomic mass is 16.7. The third-order valence-electron chi connectivity index (χ3n) is 0.739. The molecule has 0 rings (SSSR count). The van der Waals surface area contributed by atoms with Gasteiger partial charge >= 0.3 is 6.10 Å². The fourth-order valence-corrected chi connectivity index (χ4v) is 0.349. The number of hydrogen-bond acceptors (Lipinski definition) is 6. The second-order valence-electron chi connectivity index (χ2n) is 1.71. The quantitative estimate of drug-likeness (QED) is 0.182. The molecule has 6 N–H and O–H groups in total. The van der Waals surface area contributed by atoms with Crippen LogP contribution in [0.15, 0.2) is 0 Å². The molecule has 0 aromatic carbocycles. The van der Waals surface area contributed by atoms with Crippen LogP contribution in [0.5, 0.6) is 0 Å². The van der Waals surface area contributed by atoms with Crippen LogP contribution >= 0.6 is 0 Å². The first kappa shape index (κ1) is 9.76. The van der Waals surface area contributed by atoms with Crippen LogP contribution in [0.4, 0.5) is 0 Å². The van der Waals surface area contributed by atoms with Crippen molar-refractivity contribution >= 4 is 0 Å². The van der Waals surface area contributed by atoms with E-state index < -0.39 is 6.10 Å². The van der Waals surface area contributed by atoms with Gasteiger partial charge in [0.1, 0.15) is 0 Å². The minimum Gasteiger partial charge on any atom is -0.395 e. The lowest BCUT2D eigenvalue weighted by Gasteiger charge is -2.15. The molecule has 0 bridgehead atoms. The first-order chi connectivity index (χ1) is 4.56. The lowest BCUT2D eigenvalue weighted by atomic mass is 10.7. The third-order valence-corrected chi connectivity index (χ3v) is 0.739. The molecule has 0 aliphatic rings. The standard InChI is InChI=1S/C4H12N2O4/c7-2-1-5-3-6-4(8,9)10/h5-10H,1-3H2. The first-order valence-electron chi connectivity index (χ1n) is 2.80. The van der Waals surface area contributed by atoms with E-state index in [-0.39, 0.29) is 13.3 Å². The van der Waals surface area contributed by atoms with Crippen LogP contribution in [0, 0.1) is 0 Å². The summed E-state index contributed by atoms with van der Waals surface area (Å²) in [4.78, 5) is 0. The van der Waals surface area contributed by atoms with E-state index in [0.717, 1.165) is 0 Å². The van der Waals surface area contributed by atoms with Crippen LogP contribution in [-0.4, -0.2) is 46.3 Å². The molecule has 0 fully saturated rings. The molecule has 0 aromatic heterocycles. The lowest BCUT2D eigenvalue weighted by Crippen LogP contribution is -2.49. The monoisotopic (exact) mass is 152 g/mol. The van der Waals surface area contributed by atoms with Crippen molar-refractivity contribution in [3.05, 3.63) is 0 Å². The van der Waals surface area contributed by atoms with Crippen LogP contribution in [0.1, 0.15) is 0 Å². The maximum atomic E-state index is 8.22. The number of nitrogens with one attached hydrogen (secondary N) is 2. The molecule has 0 radical (unpaired) electrons. The molecule has 62 valence electrons. The molecule has 0 aliphatic heterocycles. The Morgan fingerprint density at radius 1 is 1.20 bits per heavy atom. The van der Waals surface area contributed by atoms with Gasteiger partial charge in [0.25, 0.3) is 0 Å². The van der Waals surface area contributed by atoms with Crippen molar-refractivity contribution in [2.45, 2.75) is 6.10 Å². The Morgan fingerprint density at radius 3 is 2.20 bits per heavy atom. The molecule has 0 atom stereocenters. The highest BCUT2D eigenvalue weighted by Crippen LogP contribution is 1.80. The molecule has 6 nitrogen and oxygen atoms in total. The molecular weight excluding hydrogens is 140 g/mol. The van der Waals surface area contributed by atoms with Crippen molar-refractivity contribution in [3.8, 4) is 0 Å². The van der Waals surface area contributed by atoms with Crippen molar-refractivity contribution in [2.24, 2.45) is 0 Å². The van der Waals surface area contributed by atoms with Crippen molar-refractivity contribution in [3.63, 3.8) is 0 Å². The van der Waals surface area contributed by atoms with Gasteiger partial charge in [0.05, 0.1) is 13.3 Å². The lowest BCUT2D eigenvalue weighted by molar-refractivity contribution is -0.331. The Morgan fingerprint density at radius 2 is 1.80 bits per heavy atom. The van der Waals surface area contributed by atoms with Crippen molar-refractivity contribution in [1.29, 1.82) is 0 Å². The van der Waals surface area contributed by atoms with E-state index >= 15 is 0 Å². The smallest absolute Gasteiger partial charge is 0.344 e. The summed E-state index contributed by atoms with van der Waals surface area (Å²) >= 11 is 0. The Bertz CT molecular complexity index is 81.8. The predicted octanol–water partition coefficient (Wildman–Crippen LogP) is -3.30. The minimum atomic E-state index is -2.84. The first-order valence-corrected chi connectivity index (χ1v) is 2.80. The molecular formula is C4H12N2O4. The molecule has 6 heteroatoms. The van der Waals surface area contributed by atoms with Gasteiger partial charge in [-0.2, -0.15) is 0 Å². The summed E-state index contributed by atoms with van der Waals surface area (Å²) in [6.45, 7) is 0.282. The average molecular weight is 152 g/mol. The Balaban J connectivity index is 3.04. The van der Waals surface area contributed by atoms with Gasteiger partial charge in [-0.1, -0.05) is 0 Å². The third kappa shape index (κ3) is 7.76. The molecule has 0 aromatic rings. The van der Waals surface area contributed by atoms with E-state index in [1.54, 1.807) is 0 Å². The molecule has 0 amide bonds. The summed E-state index contributed by atoms with van der Waals surface area (Å²) in [5.74, 6) is 0. The fourth-order valence-electron chi connectivity index (χ4n) is 0.349. The molecule has 0 aliphatic carbocycles. The van der Waals surface area contributed by atoms with Gasteiger partial charge in [0, 0.05) is 6.54 Å². The summed E-state index contributed by atoms with van der Waals surface area (Å²) in [6, 6.07) is 0. The Kier molecular flexibility index (Phi) is 4.45. The highest BCUT2D eigenvalue weighted by Gasteiger charge is 2.14. The van der Waals surface area contributed by atoms with Crippen LogP contribution in [0.25, 0.3) is 0 Å². The molecule has 0 saturated heterocycles. The zero-order chi connectivity index (χ0) is 8.04. The van der Waals surface area contributed by atoms with Gasteiger partial charge in [-0.15, -0.1) is 0 Å². The van der Waals surface area contributed by atoms with Crippen LogP contribution in [0.2, 0.25) is 0 Å². The van der Waals surface area contributed by atoms with Gasteiger partial charge in [0.2, 0.25) is 0 Å².